The second kappa shape index (κ2) is 9.71. The van der Waals surface area contributed by atoms with Crippen LogP contribution in [0.25, 0.3) is 0 Å². The van der Waals surface area contributed by atoms with E-state index in [1.54, 1.807) is 13.0 Å². The topological polar surface area (TPSA) is 75.9 Å². The molecule has 2 aliphatic rings. The number of nitrogens with zero attached hydrogens (tertiary/aromatic N) is 2. The quantitative estimate of drug-likeness (QED) is 0.770. The first-order chi connectivity index (χ1) is 14.5. The fourth-order valence-corrected chi connectivity index (χ4v) is 4.93. The van der Waals surface area contributed by atoms with E-state index in [0.29, 0.717) is 50.0 Å². The third kappa shape index (κ3) is 4.55. The zero-order chi connectivity index (χ0) is 21.3. The molecule has 0 aromatic heterocycles. The minimum atomic E-state index is 0. The zero-order valence-electron chi connectivity index (χ0n) is 18.0. The second-order valence-corrected chi connectivity index (χ2v) is 8.27. The van der Waals surface area contributed by atoms with E-state index in [4.69, 9.17) is 10.5 Å². The van der Waals surface area contributed by atoms with Gasteiger partial charge >= 0.3 is 0 Å². The first-order valence-electron chi connectivity index (χ1n) is 10.5. The van der Waals surface area contributed by atoms with E-state index in [1.165, 1.54) is 11.1 Å². The van der Waals surface area contributed by atoms with Crippen LogP contribution < -0.4 is 10.5 Å². The first kappa shape index (κ1) is 23.1. The van der Waals surface area contributed by atoms with Crippen molar-refractivity contribution >= 4 is 24.2 Å². The number of hydrogen-bond acceptors (Lipinski definition) is 4. The fraction of sp³-hybridized carbons (Fsp3) is 0.417. The smallest absolute Gasteiger partial charge is 0.254 e. The lowest BCUT2D eigenvalue weighted by Gasteiger charge is -2.30. The van der Waals surface area contributed by atoms with Gasteiger partial charge in [-0.2, -0.15) is 0 Å². The van der Waals surface area contributed by atoms with Gasteiger partial charge < -0.3 is 20.3 Å². The molecule has 2 saturated heterocycles. The van der Waals surface area contributed by atoms with Gasteiger partial charge in [-0.05, 0) is 36.2 Å². The summed E-state index contributed by atoms with van der Waals surface area (Å²) >= 11 is 0. The average Bonchev–Trinajstić information content (AvgIpc) is 3.31. The van der Waals surface area contributed by atoms with Crippen LogP contribution in [0.2, 0.25) is 0 Å². The van der Waals surface area contributed by atoms with Gasteiger partial charge in [0.1, 0.15) is 12.4 Å². The van der Waals surface area contributed by atoms with Crippen molar-refractivity contribution in [3.8, 4) is 5.75 Å². The lowest BCUT2D eigenvalue weighted by molar-refractivity contribution is -0.130. The number of fused-ring (bicyclic) bond motifs is 1. The van der Waals surface area contributed by atoms with E-state index in [9.17, 15) is 9.59 Å². The molecule has 3 atom stereocenters. The van der Waals surface area contributed by atoms with Crippen molar-refractivity contribution in [1.82, 2.24) is 9.80 Å². The van der Waals surface area contributed by atoms with Gasteiger partial charge in [0.05, 0.1) is 6.04 Å². The standard InChI is InChI=1S/C24H29N3O3.ClH/c1-16-6-3-4-9-21(16)23-22-15-26(13-19(22)14-27(23)17(2)28)24(29)18-7-5-8-20(12-18)30-11-10-25;/h3-9,12,19,22-23H,10-11,13-15,25H2,1-2H3;1H/t19-,22-,23+;/m1./s1. The largest absolute Gasteiger partial charge is 0.492 e. The van der Waals surface area contributed by atoms with Crippen LogP contribution in [0.3, 0.4) is 0 Å². The number of amides is 2. The molecule has 166 valence electrons. The molecule has 0 aliphatic carbocycles. The maximum Gasteiger partial charge on any atom is 0.254 e. The Bertz CT molecular complexity index is 951. The van der Waals surface area contributed by atoms with Gasteiger partial charge in [0, 0.05) is 50.5 Å². The average molecular weight is 444 g/mol. The Kier molecular flexibility index (Phi) is 7.23. The van der Waals surface area contributed by atoms with Crippen LogP contribution in [0.1, 0.15) is 34.5 Å². The van der Waals surface area contributed by atoms with Crippen LogP contribution in [0.5, 0.6) is 5.75 Å². The Morgan fingerprint density at radius 3 is 2.58 bits per heavy atom. The zero-order valence-corrected chi connectivity index (χ0v) is 18.8. The minimum absolute atomic E-state index is 0. The highest BCUT2D eigenvalue weighted by Gasteiger charge is 2.49. The molecule has 0 radical (unpaired) electrons. The molecular formula is C24H30ClN3O3. The molecule has 0 saturated carbocycles. The summed E-state index contributed by atoms with van der Waals surface area (Å²) < 4.78 is 5.57. The predicted molar refractivity (Wildman–Crippen MR) is 122 cm³/mol. The molecule has 0 bridgehead atoms. The van der Waals surface area contributed by atoms with Crippen molar-refractivity contribution in [1.29, 1.82) is 0 Å². The number of hydrogen-bond donors (Lipinski definition) is 1. The fourth-order valence-electron chi connectivity index (χ4n) is 4.93. The lowest BCUT2D eigenvalue weighted by atomic mass is 9.87. The molecule has 6 nitrogen and oxygen atoms in total. The van der Waals surface area contributed by atoms with E-state index in [0.717, 1.165) is 0 Å². The number of carbonyl (C=O) groups is 2. The number of halogens is 1. The highest BCUT2D eigenvalue weighted by Crippen LogP contribution is 2.46. The van der Waals surface area contributed by atoms with Crippen molar-refractivity contribution in [2.45, 2.75) is 19.9 Å². The van der Waals surface area contributed by atoms with Crippen LogP contribution in [0.4, 0.5) is 0 Å². The summed E-state index contributed by atoms with van der Waals surface area (Å²) in [6.07, 6.45) is 0. The molecule has 2 aromatic carbocycles. The minimum Gasteiger partial charge on any atom is -0.492 e. The van der Waals surface area contributed by atoms with Crippen molar-refractivity contribution < 1.29 is 14.3 Å². The Labute approximate surface area is 189 Å². The van der Waals surface area contributed by atoms with E-state index >= 15 is 0 Å². The molecule has 2 aromatic rings. The molecule has 2 amide bonds. The van der Waals surface area contributed by atoms with Gasteiger partial charge in [-0.1, -0.05) is 30.3 Å². The van der Waals surface area contributed by atoms with Gasteiger partial charge in [-0.15, -0.1) is 12.4 Å². The van der Waals surface area contributed by atoms with Gasteiger partial charge in [0.25, 0.3) is 5.91 Å². The molecule has 2 heterocycles. The third-order valence-corrected chi connectivity index (χ3v) is 6.33. The van der Waals surface area contributed by atoms with E-state index in [-0.39, 0.29) is 36.2 Å². The number of benzene rings is 2. The van der Waals surface area contributed by atoms with Gasteiger partial charge in [0.15, 0.2) is 0 Å². The number of ether oxygens (including phenoxy) is 1. The summed E-state index contributed by atoms with van der Waals surface area (Å²) in [6, 6.07) is 15.6. The number of rotatable bonds is 5. The molecule has 2 aliphatic heterocycles. The van der Waals surface area contributed by atoms with Crippen LogP contribution in [0, 0.1) is 18.8 Å². The first-order valence-corrected chi connectivity index (χ1v) is 10.5. The van der Waals surface area contributed by atoms with Gasteiger partial charge in [-0.25, -0.2) is 0 Å². The van der Waals surface area contributed by atoms with Crippen molar-refractivity contribution in [2.75, 3.05) is 32.8 Å². The summed E-state index contributed by atoms with van der Waals surface area (Å²) in [6.45, 7) is 6.60. The van der Waals surface area contributed by atoms with Crippen molar-refractivity contribution in [3.63, 3.8) is 0 Å². The molecule has 31 heavy (non-hydrogen) atoms. The highest BCUT2D eigenvalue weighted by atomic mass is 35.5. The van der Waals surface area contributed by atoms with E-state index < -0.39 is 0 Å². The molecule has 0 unspecified atom stereocenters. The molecular weight excluding hydrogens is 414 g/mol. The summed E-state index contributed by atoms with van der Waals surface area (Å²) in [5.74, 6) is 1.31. The summed E-state index contributed by atoms with van der Waals surface area (Å²) in [4.78, 5) is 29.5. The normalized spacial score (nSPS) is 22.1. The lowest BCUT2D eigenvalue weighted by Crippen LogP contribution is -2.36. The molecule has 4 rings (SSSR count). The Morgan fingerprint density at radius 2 is 1.87 bits per heavy atom. The van der Waals surface area contributed by atoms with Crippen LogP contribution in [0.15, 0.2) is 48.5 Å². The molecule has 7 heteroatoms. The highest BCUT2D eigenvalue weighted by molar-refractivity contribution is 5.95. The molecule has 2 N–H and O–H groups in total. The SMILES string of the molecule is CC(=O)N1C[C@H]2CN(C(=O)c3cccc(OCCN)c3)C[C@H]2[C@@H]1c1ccccc1C.Cl. The predicted octanol–water partition coefficient (Wildman–Crippen LogP) is 3.05. The Hall–Kier alpha value is -2.57. The molecule has 2 fully saturated rings. The monoisotopic (exact) mass is 443 g/mol. The number of likely N-dealkylation sites (tertiary alicyclic amines) is 2. The second-order valence-electron chi connectivity index (χ2n) is 8.27. The van der Waals surface area contributed by atoms with Gasteiger partial charge in [-0.3, -0.25) is 9.59 Å². The number of aryl methyl sites for hydroxylation is 1. The van der Waals surface area contributed by atoms with E-state index in [1.807, 2.05) is 40.1 Å². The Morgan fingerprint density at radius 1 is 1.10 bits per heavy atom. The van der Waals surface area contributed by atoms with Crippen molar-refractivity contribution in [3.05, 3.63) is 65.2 Å². The van der Waals surface area contributed by atoms with Crippen molar-refractivity contribution in [2.24, 2.45) is 17.6 Å². The van der Waals surface area contributed by atoms with Gasteiger partial charge in [0.2, 0.25) is 5.91 Å². The molecule has 0 spiro atoms. The maximum absolute atomic E-state index is 13.2. The van der Waals surface area contributed by atoms with Crippen LogP contribution >= 0.6 is 12.4 Å². The number of carbonyl (C=O) groups excluding carboxylic acids is 2. The van der Waals surface area contributed by atoms with Crippen LogP contribution in [-0.4, -0.2) is 54.4 Å². The maximum atomic E-state index is 13.2. The summed E-state index contributed by atoms with van der Waals surface area (Å²) in [5, 5.41) is 0. The summed E-state index contributed by atoms with van der Waals surface area (Å²) in [7, 11) is 0. The van der Waals surface area contributed by atoms with E-state index in [2.05, 4.69) is 19.1 Å². The summed E-state index contributed by atoms with van der Waals surface area (Å²) in [5.41, 5.74) is 8.50. The Balaban J connectivity index is 0.00000272. The third-order valence-electron chi connectivity index (χ3n) is 6.33. The van der Waals surface area contributed by atoms with Crippen LogP contribution in [-0.2, 0) is 4.79 Å². The number of nitrogens with two attached hydrogens (primary N) is 1.